The largest absolute Gasteiger partial charge is 0.456 e. The monoisotopic (exact) mass is 1300 g/mol. The summed E-state index contributed by atoms with van der Waals surface area (Å²) in [6.45, 7) is 0. The molecule has 0 radical (unpaired) electrons. The molecule has 0 saturated heterocycles. The molecular weight excluding hydrogens is 1250 g/mol. The van der Waals surface area contributed by atoms with Crippen molar-refractivity contribution in [2.24, 2.45) is 0 Å². The van der Waals surface area contributed by atoms with Gasteiger partial charge in [0.2, 0.25) is 0 Å². The fraction of sp³-hybridized carbons (Fsp3) is 0. The van der Waals surface area contributed by atoms with Crippen molar-refractivity contribution in [3.05, 3.63) is 340 Å². The average Bonchev–Trinajstić information content (AvgIpc) is 1.56. The Kier molecular flexibility index (Phi) is 12.8. The predicted molar refractivity (Wildman–Crippen MR) is 418 cm³/mol. The van der Waals surface area contributed by atoms with E-state index in [0.29, 0.717) is 11.6 Å². The van der Waals surface area contributed by atoms with Crippen molar-refractivity contribution in [1.29, 1.82) is 0 Å². The van der Waals surface area contributed by atoms with E-state index in [1.807, 2.05) is 60.7 Å². The lowest BCUT2D eigenvalue weighted by Crippen LogP contribution is -2.02. The Labute approximate surface area is 582 Å². The van der Waals surface area contributed by atoms with Gasteiger partial charge in [-0.1, -0.05) is 224 Å². The summed E-state index contributed by atoms with van der Waals surface area (Å²) in [7, 11) is 0. The van der Waals surface area contributed by atoms with Gasteiger partial charge in [-0.15, -0.1) is 0 Å². The highest BCUT2D eigenvalue weighted by molar-refractivity contribution is 6.21. The molecule has 8 heterocycles. The van der Waals surface area contributed by atoms with Crippen LogP contribution in [-0.4, -0.2) is 38.2 Å². The molecule has 0 N–H and O–H groups in total. The molecular formula is C92H56N8O2. The van der Waals surface area contributed by atoms with Gasteiger partial charge < -0.3 is 18.0 Å². The maximum atomic E-state index is 6.49. The Morgan fingerprint density at radius 1 is 0.206 bits per heavy atom. The van der Waals surface area contributed by atoms with Crippen LogP contribution in [-0.2, 0) is 0 Å². The highest BCUT2D eigenvalue weighted by atomic mass is 16.3. The smallest absolute Gasteiger partial charge is 0.165 e. The van der Waals surface area contributed by atoms with E-state index in [1.165, 1.54) is 65.2 Å². The number of para-hydroxylation sites is 9. The normalized spacial score (nSPS) is 11.9. The van der Waals surface area contributed by atoms with Crippen LogP contribution in [0.4, 0.5) is 0 Å². The van der Waals surface area contributed by atoms with Crippen molar-refractivity contribution in [1.82, 2.24) is 38.2 Å². The molecule has 102 heavy (non-hydrogen) atoms. The highest BCUT2D eigenvalue weighted by Gasteiger charge is 2.25. The third-order valence-corrected chi connectivity index (χ3v) is 20.3. The van der Waals surface area contributed by atoms with Crippen molar-refractivity contribution in [3.8, 4) is 68.3 Å². The molecule has 0 aliphatic rings. The number of aromatic nitrogens is 8. The van der Waals surface area contributed by atoms with Gasteiger partial charge in [0, 0.05) is 105 Å². The molecule has 0 aliphatic carbocycles. The van der Waals surface area contributed by atoms with Gasteiger partial charge in [0.25, 0.3) is 0 Å². The summed E-state index contributed by atoms with van der Waals surface area (Å²) in [5.41, 5.74) is 20.2. The third-order valence-electron chi connectivity index (χ3n) is 20.3. The molecule has 0 spiro atoms. The quantitative estimate of drug-likeness (QED) is 0.150. The van der Waals surface area contributed by atoms with E-state index in [-0.39, 0.29) is 0 Å². The van der Waals surface area contributed by atoms with Crippen LogP contribution in [0, 0.1) is 0 Å². The summed E-state index contributed by atoms with van der Waals surface area (Å²) >= 11 is 0. The minimum absolute atomic E-state index is 0.615. The first-order valence-corrected chi connectivity index (χ1v) is 34.3. The van der Waals surface area contributed by atoms with Gasteiger partial charge in [0.15, 0.2) is 11.6 Å². The first kappa shape index (κ1) is 57.1. The first-order chi connectivity index (χ1) is 50.6. The van der Waals surface area contributed by atoms with Gasteiger partial charge in [0.05, 0.1) is 61.1 Å². The van der Waals surface area contributed by atoms with Crippen LogP contribution < -0.4 is 0 Å². The maximum Gasteiger partial charge on any atom is 0.165 e. The number of rotatable bonds is 8. The van der Waals surface area contributed by atoms with Gasteiger partial charge in [-0.2, -0.15) is 0 Å². The zero-order chi connectivity index (χ0) is 66.9. The number of fused-ring (bicyclic) bond motifs is 18. The van der Waals surface area contributed by atoms with E-state index < -0.39 is 0 Å². The number of nitrogens with zero attached hydrogens (tertiary/aromatic N) is 8. The summed E-state index contributed by atoms with van der Waals surface area (Å²) in [6, 6.07) is 119. The second-order valence-electron chi connectivity index (χ2n) is 26.0. The highest BCUT2D eigenvalue weighted by Crippen LogP contribution is 2.44. The van der Waals surface area contributed by atoms with Crippen LogP contribution in [0.3, 0.4) is 0 Å². The van der Waals surface area contributed by atoms with Crippen LogP contribution in [0.1, 0.15) is 0 Å². The van der Waals surface area contributed by atoms with Gasteiger partial charge in [0.1, 0.15) is 34.0 Å². The Bertz CT molecular complexity index is 7120. The van der Waals surface area contributed by atoms with E-state index in [1.54, 1.807) is 0 Å². The molecule has 8 aromatic heterocycles. The Morgan fingerprint density at radius 3 is 1.10 bits per heavy atom. The number of benzene rings is 14. The summed E-state index contributed by atoms with van der Waals surface area (Å²) in [6.07, 6.45) is 0. The molecule has 14 aromatic carbocycles. The fourth-order valence-electron chi connectivity index (χ4n) is 15.7. The van der Waals surface area contributed by atoms with Crippen molar-refractivity contribution in [2.45, 2.75) is 0 Å². The van der Waals surface area contributed by atoms with Gasteiger partial charge in [-0.3, -0.25) is 9.13 Å². The van der Waals surface area contributed by atoms with E-state index in [9.17, 15) is 0 Å². The molecule has 0 bridgehead atoms. The van der Waals surface area contributed by atoms with Crippen molar-refractivity contribution in [3.63, 3.8) is 0 Å². The summed E-state index contributed by atoms with van der Waals surface area (Å²) < 4.78 is 22.2. The Hall–Kier alpha value is -14.0. The minimum Gasteiger partial charge on any atom is -0.456 e. The van der Waals surface area contributed by atoms with Crippen molar-refractivity contribution >= 4 is 131 Å². The summed E-state index contributed by atoms with van der Waals surface area (Å²) in [5, 5.41) is 13.8. The fourth-order valence-corrected chi connectivity index (χ4v) is 15.7. The third kappa shape index (κ3) is 8.99. The average molecular weight is 1310 g/mol. The standard InChI is InChI=1S/2C46H28N4O/c1-3-14-29(15-4-1)38-28-44(48-46(47-38)35-22-13-21-34-33-20-9-12-25-43(33)51-45(34)35)50-40-24-11-8-19-32(40)37-26-41-36(27-42(37)50)31-18-7-10-23-39(31)49(41)30-16-5-2-6-17-30;1-3-13-29(14-4-1)46-47-38(30-23-24-35-34-19-9-12-22-43(34)51-44(35)25-30)28-45(48-46)50-40-21-11-8-18-33(40)37-26-41-36(27-42(37)50)32-17-7-10-20-39(32)49(41)31-15-5-2-6-16-31/h2*1-28H. The molecule has 0 fully saturated rings. The van der Waals surface area contributed by atoms with Gasteiger partial charge in [-0.25, -0.2) is 19.9 Å². The maximum absolute atomic E-state index is 6.49. The van der Waals surface area contributed by atoms with Crippen molar-refractivity contribution in [2.75, 3.05) is 0 Å². The molecule has 476 valence electrons. The SMILES string of the molecule is c1ccc(-c2cc(-n3c4ccccc4c4cc5c(cc43)c3ccccc3n5-c3ccccc3)nc(-c3cccc4c3oc3ccccc34)n2)cc1.c1ccc(-c2nc(-c3ccc4c(c3)oc3ccccc34)cc(-n3c4ccccc4c4cc5c(cc43)c3ccccc3n5-c3ccccc3)n2)cc1. The van der Waals surface area contributed by atoms with E-state index >= 15 is 0 Å². The first-order valence-electron chi connectivity index (χ1n) is 34.3. The molecule has 10 nitrogen and oxygen atoms in total. The molecule has 0 saturated carbocycles. The van der Waals surface area contributed by atoms with Crippen LogP contribution >= 0.6 is 0 Å². The van der Waals surface area contributed by atoms with Crippen LogP contribution in [0.25, 0.3) is 199 Å². The lowest BCUT2D eigenvalue weighted by atomic mass is 10.1. The van der Waals surface area contributed by atoms with Crippen LogP contribution in [0.2, 0.25) is 0 Å². The zero-order valence-corrected chi connectivity index (χ0v) is 54.7. The molecule has 22 aromatic rings. The number of hydrogen-bond donors (Lipinski definition) is 0. The number of furan rings is 2. The second kappa shape index (κ2) is 22.8. The predicted octanol–water partition coefficient (Wildman–Crippen LogP) is 23.8. The van der Waals surface area contributed by atoms with E-state index in [0.717, 1.165) is 123 Å². The molecule has 10 heteroatoms. The summed E-state index contributed by atoms with van der Waals surface area (Å²) in [4.78, 5) is 21.0. The molecule has 22 rings (SSSR count). The lowest BCUT2D eigenvalue weighted by Gasteiger charge is -2.12. The minimum atomic E-state index is 0.615. The molecule has 0 atom stereocenters. The molecule has 0 aliphatic heterocycles. The Balaban J connectivity index is 0.000000133. The molecule has 0 amide bonds. The van der Waals surface area contributed by atoms with Gasteiger partial charge in [-0.05, 0) is 103 Å². The van der Waals surface area contributed by atoms with Crippen LogP contribution in [0.5, 0.6) is 0 Å². The topological polar surface area (TPSA) is 97.6 Å². The molecule has 0 unspecified atom stereocenters. The number of hydrogen-bond acceptors (Lipinski definition) is 6. The van der Waals surface area contributed by atoms with Gasteiger partial charge >= 0.3 is 0 Å². The second-order valence-corrected chi connectivity index (χ2v) is 26.0. The van der Waals surface area contributed by atoms with Crippen molar-refractivity contribution < 1.29 is 8.83 Å². The van der Waals surface area contributed by atoms with E-state index in [4.69, 9.17) is 28.8 Å². The summed E-state index contributed by atoms with van der Waals surface area (Å²) in [5.74, 6) is 2.88. The van der Waals surface area contributed by atoms with Crippen LogP contribution in [0.15, 0.2) is 349 Å². The Morgan fingerprint density at radius 2 is 0.578 bits per heavy atom. The lowest BCUT2D eigenvalue weighted by molar-refractivity contribution is 0.669. The zero-order valence-electron chi connectivity index (χ0n) is 54.7. The van der Waals surface area contributed by atoms with E-state index in [2.05, 4.69) is 297 Å².